The van der Waals surface area contributed by atoms with Crippen molar-refractivity contribution in [2.45, 2.75) is 38.8 Å². The number of halogens is 2. The number of rotatable bonds is 4. The quantitative estimate of drug-likeness (QED) is 0.923. The van der Waals surface area contributed by atoms with E-state index in [4.69, 9.17) is 0 Å². The van der Waals surface area contributed by atoms with E-state index >= 15 is 0 Å². The number of piperazine rings is 1. The molecule has 0 spiro atoms. The number of nitrogens with one attached hydrogen (secondary N) is 1. The third-order valence-corrected chi connectivity index (χ3v) is 4.17. The largest absolute Gasteiger partial charge is 0.345 e. The van der Waals surface area contributed by atoms with E-state index in [0.717, 1.165) is 6.07 Å². The lowest BCUT2D eigenvalue weighted by Gasteiger charge is -2.45. The number of carbonyl (C=O) groups excluding carboxylic acids is 2. The molecule has 0 atom stereocenters. The number of benzene rings is 1. The van der Waals surface area contributed by atoms with Crippen molar-refractivity contribution in [3.05, 3.63) is 35.4 Å². The van der Waals surface area contributed by atoms with Gasteiger partial charge >= 0.3 is 0 Å². The standard InChI is InChI=1S/C15H18F2N2O2/c1-3-15(4-2)14(21)18-8-12(20)19(15)9-10-6-5-7-11(16)13(10)17/h5-7H,3-4,8-9H2,1-2H3,(H,18,21). The van der Waals surface area contributed by atoms with Gasteiger partial charge in [-0.3, -0.25) is 9.59 Å². The van der Waals surface area contributed by atoms with Crippen LogP contribution in [0.25, 0.3) is 0 Å². The molecule has 0 saturated carbocycles. The second-order valence-corrected chi connectivity index (χ2v) is 5.11. The van der Waals surface area contributed by atoms with E-state index < -0.39 is 17.2 Å². The number of hydrogen-bond donors (Lipinski definition) is 1. The minimum absolute atomic E-state index is 0.0734. The van der Waals surface area contributed by atoms with Crippen molar-refractivity contribution in [3.63, 3.8) is 0 Å². The third-order valence-electron chi connectivity index (χ3n) is 4.17. The molecule has 2 rings (SSSR count). The molecule has 1 aromatic rings. The fourth-order valence-corrected chi connectivity index (χ4v) is 2.81. The monoisotopic (exact) mass is 296 g/mol. The molecule has 1 heterocycles. The molecule has 6 heteroatoms. The van der Waals surface area contributed by atoms with Gasteiger partial charge in [0.2, 0.25) is 11.8 Å². The summed E-state index contributed by atoms with van der Waals surface area (Å²) < 4.78 is 27.1. The average Bonchev–Trinajstić information content (AvgIpc) is 2.48. The van der Waals surface area contributed by atoms with E-state index in [9.17, 15) is 18.4 Å². The molecule has 0 aromatic heterocycles. The lowest BCUT2D eigenvalue weighted by molar-refractivity contribution is -0.155. The van der Waals surface area contributed by atoms with E-state index in [1.54, 1.807) is 13.8 Å². The van der Waals surface area contributed by atoms with Crippen LogP contribution in [0.5, 0.6) is 0 Å². The first-order chi connectivity index (χ1) is 9.96. The van der Waals surface area contributed by atoms with Crippen LogP contribution in [0.1, 0.15) is 32.3 Å². The number of carbonyl (C=O) groups is 2. The van der Waals surface area contributed by atoms with Gasteiger partial charge in [0, 0.05) is 12.1 Å². The number of nitrogens with zero attached hydrogens (tertiary/aromatic N) is 1. The van der Waals surface area contributed by atoms with Gasteiger partial charge in [0.05, 0.1) is 6.54 Å². The van der Waals surface area contributed by atoms with Crippen molar-refractivity contribution in [1.82, 2.24) is 10.2 Å². The molecule has 4 nitrogen and oxygen atoms in total. The minimum atomic E-state index is -1.01. The summed E-state index contributed by atoms with van der Waals surface area (Å²) in [4.78, 5) is 25.7. The predicted molar refractivity (Wildman–Crippen MR) is 73.2 cm³/mol. The van der Waals surface area contributed by atoms with E-state index in [-0.39, 0.29) is 30.5 Å². The minimum Gasteiger partial charge on any atom is -0.345 e. The van der Waals surface area contributed by atoms with Crippen molar-refractivity contribution < 1.29 is 18.4 Å². The van der Waals surface area contributed by atoms with Crippen molar-refractivity contribution in [2.75, 3.05) is 6.54 Å². The molecular weight excluding hydrogens is 278 g/mol. The zero-order valence-corrected chi connectivity index (χ0v) is 12.1. The van der Waals surface area contributed by atoms with Gasteiger partial charge in [-0.15, -0.1) is 0 Å². The smallest absolute Gasteiger partial charge is 0.246 e. The Kier molecular flexibility index (Phi) is 4.25. The van der Waals surface area contributed by atoms with Crippen molar-refractivity contribution in [1.29, 1.82) is 0 Å². The highest BCUT2D eigenvalue weighted by atomic mass is 19.2. The summed E-state index contributed by atoms with van der Waals surface area (Å²) in [7, 11) is 0. The lowest BCUT2D eigenvalue weighted by atomic mass is 9.87. The van der Waals surface area contributed by atoms with Gasteiger partial charge in [0.1, 0.15) is 5.54 Å². The first-order valence-electron chi connectivity index (χ1n) is 6.98. The summed E-state index contributed by atoms with van der Waals surface area (Å²) in [5, 5.41) is 2.57. The highest BCUT2D eigenvalue weighted by Crippen LogP contribution is 2.29. The summed E-state index contributed by atoms with van der Waals surface area (Å²) in [5.41, 5.74) is -0.932. The summed E-state index contributed by atoms with van der Waals surface area (Å²) in [5.74, 6) is -2.47. The normalized spacial score (nSPS) is 17.8. The van der Waals surface area contributed by atoms with Crippen LogP contribution in [-0.4, -0.2) is 28.8 Å². The fourth-order valence-electron chi connectivity index (χ4n) is 2.81. The van der Waals surface area contributed by atoms with Crippen LogP contribution >= 0.6 is 0 Å². The molecular formula is C15H18F2N2O2. The summed E-state index contributed by atoms with van der Waals surface area (Å²) in [6.45, 7) is 3.38. The van der Waals surface area contributed by atoms with Crippen LogP contribution in [0.2, 0.25) is 0 Å². The second kappa shape index (κ2) is 5.79. The highest BCUT2D eigenvalue weighted by Gasteiger charge is 2.46. The summed E-state index contributed by atoms with van der Waals surface area (Å²) in [6, 6.07) is 3.84. The Hall–Kier alpha value is -1.98. The zero-order valence-electron chi connectivity index (χ0n) is 12.1. The maximum Gasteiger partial charge on any atom is 0.246 e. The van der Waals surface area contributed by atoms with Gasteiger partial charge < -0.3 is 10.2 Å². The topological polar surface area (TPSA) is 49.4 Å². The van der Waals surface area contributed by atoms with Gasteiger partial charge in [-0.2, -0.15) is 0 Å². The maximum absolute atomic E-state index is 13.8. The molecule has 1 N–H and O–H groups in total. The van der Waals surface area contributed by atoms with Crippen LogP contribution in [0.4, 0.5) is 8.78 Å². The van der Waals surface area contributed by atoms with E-state index in [1.807, 2.05) is 0 Å². The van der Waals surface area contributed by atoms with Crippen molar-refractivity contribution >= 4 is 11.8 Å². The molecule has 21 heavy (non-hydrogen) atoms. The molecule has 1 fully saturated rings. The van der Waals surface area contributed by atoms with Gasteiger partial charge in [0.15, 0.2) is 11.6 Å². The Labute approximate surface area is 122 Å². The summed E-state index contributed by atoms with van der Waals surface area (Å²) in [6.07, 6.45) is 0.829. The molecule has 0 unspecified atom stereocenters. The molecule has 0 aliphatic carbocycles. The molecule has 2 amide bonds. The van der Waals surface area contributed by atoms with Crippen LogP contribution in [0.15, 0.2) is 18.2 Å². The van der Waals surface area contributed by atoms with Gasteiger partial charge in [-0.25, -0.2) is 8.78 Å². The van der Waals surface area contributed by atoms with Gasteiger partial charge in [-0.05, 0) is 18.9 Å². The van der Waals surface area contributed by atoms with Crippen LogP contribution < -0.4 is 5.32 Å². The maximum atomic E-state index is 13.8. The Morgan fingerprint density at radius 2 is 1.90 bits per heavy atom. The fraction of sp³-hybridized carbons (Fsp3) is 0.467. The van der Waals surface area contributed by atoms with Crippen LogP contribution in [-0.2, 0) is 16.1 Å². The SMILES string of the molecule is CCC1(CC)C(=O)NCC(=O)N1Cc1cccc(F)c1F. The average molecular weight is 296 g/mol. The summed E-state index contributed by atoms with van der Waals surface area (Å²) >= 11 is 0. The van der Waals surface area contributed by atoms with Gasteiger partial charge in [-0.1, -0.05) is 26.0 Å². The Bertz CT molecular complexity index is 571. The van der Waals surface area contributed by atoms with Crippen molar-refractivity contribution in [2.24, 2.45) is 0 Å². The molecule has 1 aliphatic rings. The van der Waals surface area contributed by atoms with Crippen LogP contribution in [0.3, 0.4) is 0 Å². The third kappa shape index (κ3) is 2.50. The molecule has 1 aromatic carbocycles. The Morgan fingerprint density at radius 3 is 2.52 bits per heavy atom. The Morgan fingerprint density at radius 1 is 1.24 bits per heavy atom. The number of hydrogen-bond acceptors (Lipinski definition) is 2. The molecule has 1 saturated heterocycles. The van der Waals surface area contributed by atoms with E-state index in [0.29, 0.717) is 12.8 Å². The van der Waals surface area contributed by atoms with E-state index in [2.05, 4.69) is 5.32 Å². The second-order valence-electron chi connectivity index (χ2n) is 5.11. The zero-order chi connectivity index (χ0) is 15.6. The van der Waals surface area contributed by atoms with Crippen molar-refractivity contribution in [3.8, 4) is 0 Å². The Balaban J connectivity index is 2.40. The lowest BCUT2D eigenvalue weighted by Crippen LogP contribution is -2.66. The molecule has 0 radical (unpaired) electrons. The molecule has 114 valence electrons. The van der Waals surface area contributed by atoms with Gasteiger partial charge in [0.25, 0.3) is 0 Å². The molecule has 0 bridgehead atoms. The van der Waals surface area contributed by atoms with E-state index in [1.165, 1.54) is 17.0 Å². The highest BCUT2D eigenvalue weighted by molar-refractivity contribution is 5.97. The first-order valence-corrected chi connectivity index (χ1v) is 6.98. The first kappa shape index (κ1) is 15.4. The molecule has 1 aliphatic heterocycles. The van der Waals surface area contributed by atoms with Crippen LogP contribution in [0, 0.1) is 11.6 Å². The predicted octanol–water partition coefficient (Wildman–Crippen LogP) is 1.98. The number of amides is 2.